The Bertz CT molecular complexity index is 843. The van der Waals surface area contributed by atoms with Crippen LogP contribution in [0.15, 0.2) is 53.7 Å². The van der Waals surface area contributed by atoms with Crippen LogP contribution in [0.1, 0.15) is 0 Å². The second kappa shape index (κ2) is 4.63. The smallest absolute Gasteiger partial charge is 0.247 e. The highest BCUT2D eigenvalue weighted by Gasteiger charge is 2.17. The number of H-pyrrole nitrogens is 1. The number of aromatic nitrogens is 3. The summed E-state index contributed by atoms with van der Waals surface area (Å²) in [5.74, 6) is 1.75. The Balaban J connectivity index is 1.88. The number of fused-ring (bicyclic) bond motifs is 3. The molecule has 3 aromatic rings. The van der Waals surface area contributed by atoms with Gasteiger partial charge in [0, 0.05) is 24.7 Å². The molecule has 21 heavy (non-hydrogen) atoms. The van der Waals surface area contributed by atoms with Crippen LogP contribution in [0, 0.1) is 0 Å². The maximum absolute atomic E-state index is 11.2. The standard InChI is InChI=1S/C16H13N3O2/c20-15-4-2-12(10-18-15)11-1-3-14-13(9-11)16-17-5-6-19(16)7-8-21-14/h1-6,9-10H,7-8H2,(H,18,20). The molecule has 0 bridgehead atoms. The van der Waals surface area contributed by atoms with Crippen molar-refractivity contribution in [1.29, 1.82) is 0 Å². The van der Waals surface area contributed by atoms with Gasteiger partial charge >= 0.3 is 0 Å². The molecule has 0 saturated heterocycles. The highest BCUT2D eigenvalue weighted by atomic mass is 16.5. The molecule has 3 heterocycles. The van der Waals surface area contributed by atoms with Gasteiger partial charge in [0.1, 0.15) is 18.2 Å². The van der Waals surface area contributed by atoms with Crippen LogP contribution >= 0.6 is 0 Å². The quantitative estimate of drug-likeness (QED) is 0.743. The molecule has 0 saturated carbocycles. The number of aromatic amines is 1. The normalized spacial score (nSPS) is 13.0. The Morgan fingerprint density at radius 3 is 2.95 bits per heavy atom. The van der Waals surface area contributed by atoms with Crippen molar-refractivity contribution in [3.05, 3.63) is 59.3 Å². The number of hydrogen-bond acceptors (Lipinski definition) is 3. The van der Waals surface area contributed by atoms with Crippen molar-refractivity contribution in [3.8, 4) is 28.3 Å². The number of ether oxygens (including phenoxy) is 1. The van der Waals surface area contributed by atoms with Gasteiger partial charge in [-0.1, -0.05) is 6.07 Å². The number of hydrogen-bond donors (Lipinski definition) is 1. The van der Waals surface area contributed by atoms with E-state index in [1.54, 1.807) is 12.4 Å². The molecule has 5 heteroatoms. The summed E-state index contributed by atoms with van der Waals surface area (Å²) in [6, 6.07) is 9.33. The van der Waals surface area contributed by atoms with E-state index in [4.69, 9.17) is 4.74 Å². The van der Waals surface area contributed by atoms with Gasteiger partial charge in [-0.2, -0.15) is 0 Å². The van der Waals surface area contributed by atoms with Crippen LogP contribution in [0.3, 0.4) is 0 Å². The first-order valence-corrected chi connectivity index (χ1v) is 6.79. The van der Waals surface area contributed by atoms with Gasteiger partial charge in [0.25, 0.3) is 0 Å². The van der Waals surface area contributed by atoms with Crippen LogP contribution in [-0.4, -0.2) is 21.1 Å². The highest BCUT2D eigenvalue weighted by Crippen LogP contribution is 2.34. The fourth-order valence-corrected chi connectivity index (χ4v) is 2.59. The summed E-state index contributed by atoms with van der Waals surface area (Å²) in [7, 11) is 0. The van der Waals surface area contributed by atoms with Gasteiger partial charge in [-0.05, 0) is 29.3 Å². The van der Waals surface area contributed by atoms with Crippen molar-refractivity contribution in [2.75, 3.05) is 6.61 Å². The van der Waals surface area contributed by atoms with Gasteiger partial charge in [0.05, 0.1) is 12.1 Å². The highest BCUT2D eigenvalue weighted by molar-refractivity contribution is 5.74. The van der Waals surface area contributed by atoms with Crippen LogP contribution in [0.25, 0.3) is 22.5 Å². The van der Waals surface area contributed by atoms with Gasteiger partial charge < -0.3 is 14.3 Å². The molecule has 0 aliphatic carbocycles. The van der Waals surface area contributed by atoms with Gasteiger partial charge in [-0.3, -0.25) is 4.79 Å². The van der Waals surface area contributed by atoms with E-state index >= 15 is 0 Å². The zero-order valence-electron chi connectivity index (χ0n) is 11.2. The molecule has 1 N–H and O–H groups in total. The Kier molecular flexibility index (Phi) is 2.64. The van der Waals surface area contributed by atoms with Crippen molar-refractivity contribution in [1.82, 2.24) is 14.5 Å². The summed E-state index contributed by atoms with van der Waals surface area (Å²) < 4.78 is 7.87. The Labute approximate surface area is 120 Å². The van der Waals surface area contributed by atoms with E-state index in [-0.39, 0.29) is 5.56 Å². The number of nitrogens with one attached hydrogen (secondary N) is 1. The molecule has 0 radical (unpaired) electrons. The van der Waals surface area contributed by atoms with Crippen molar-refractivity contribution in [2.24, 2.45) is 0 Å². The predicted molar refractivity (Wildman–Crippen MR) is 79.2 cm³/mol. The fourth-order valence-electron chi connectivity index (χ4n) is 2.59. The number of benzene rings is 1. The third-order valence-electron chi connectivity index (χ3n) is 3.64. The molecule has 0 atom stereocenters. The van der Waals surface area contributed by atoms with Gasteiger partial charge in [-0.25, -0.2) is 4.98 Å². The van der Waals surface area contributed by atoms with Gasteiger partial charge in [0.2, 0.25) is 5.56 Å². The Hall–Kier alpha value is -2.82. The summed E-state index contributed by atoms with van der Waals surface area (Å²) in [5.41, 5.74) is 2.85. The molecule has 0 amide bonds. The SMILES string of the molecule is O=c1ccc(-c2ccc3c(c2)-c2nccn2CCO3)c[nH]1. The first-order valence-electron chi connectivity index (χ1n) is 6.79. The molecule has 2 aromatic heterocycles. The summed E-state index contributed by atoms with van der Waals surface area (Å²) >= 11 is 0. The minimum atomic E-state index is -0.104. The second-order valence-electron chi connectivity index (χ2n) is 4.95. The molecular formula is C16H13N3O2. The largest absolute Gasteiger partial charge is 0.491 e. The summed E-state index contributed by atoms with van der Waals surface area (Å²) in [5, 5.41) is 0. The van der Waals surface area contributed by atoms with E-state index in [0.29, 0.717) is 6.61 Å². The maximum atomic E-state index is 11.2. The lowest BCUT2D eigenvalue weighted by Crippen LogP contribution is -2.04. The van der Waals surface area contributed by atoms with Crippen molar-refractivity contribution in [2.45, 2.75) is 6.54 Å². The molecule has 1 aliphatic rings. The molecule has 1 aromatic carbocycles. The average Bonchev–Trinajstić information content (AvgIpc) is 2.90. The van der Waals surface area contributed by atoms with Crippen molar-refractivity contribution >= 4 is 0 Å². The van der Waals surface area contributed by atoms with E-state index in [2.05, 4.69) is 14.5 Å². The molecule has 5 nitrogen and oxygen atoms in total. The molecule has 104 valence electrons. The maximum Gasteiger partial charge on any atom is 0.247 e. The first-order chi connectivity index (χ1) is 10.3. The molecule has 0 fully saturated rings. The number of pyridine rings is 1. The lowest BCUT2D eigenvalue weighted by molar-refractivity contribution is 0.306. The molecule has 0 unspecified atom stereocenters. The Morgan fingerprint density at radius 2 is 2.10 bits per heavy atom. The first kappa shape index (κ1) is 12.0. The van der Waals surface area contributed by atoms with E-state index in [9.17, 15) is 4.79 Å². The van der Waals surface area contributed by atoms with E-state index < -0.39 is 0 Å². The summed E-state index contributed by atoms with van der Waals surface area (Å²) in [6.07, 6.45) is 5.48. The van der Waals surface area contributed by atoms with Crippen molar-refractivity contribution < 1.29 is 4.74 Å². The summed E-state index contributed by atoms with van der Waals surface area (Å²) in [4.78, 5) is 18.3. The second-order valence-corrected chi connectivity index (χ2v) is 4.95. The van der Waals surface area contributed by atoms with Gasteiger partial charge in [0.15, 0.2) is 0 Å². The minimum Gasteiger partial charge on any atom is -0.491 e. The lowest BCUT2D eigenvalue weighted by Gasteiger charge is -2.09. The zero-order valence-corrected chi connectivity index (χ0v) is 11.2. The molecule has 4 rings (SSSR count). The van der Waals surface area contributed by atoms with E-state index in [1.165, 1.54) is 6.07 Å². The average molecular weight is 279 g/mol. The fraction of sp³-hybridized carbons (Fsp3) is 0.125. The number of imidazole rings is 1. The lowest BCUT2D eigenvalue weighted by atomic mass is 10.0. The third-order valence-corrected chi connectivity index (χ3v) is 3.64. The number of rotatable bonds is 1. The van der Waals surface area contributed by atoms with Crippen molar-refractivity contribution in [3.63, 3.8) is 0 Å². The van der Waals surface area contributed by atoms with Crippen LogP contribution in [0.4, 0.5) is 0 Å². The van der Waals surface area contributed by atoms with Crippen LogP contribution in [0.2, 0.25) is 0 Å². The van der Waals surface area contributed by atoms with Crippen LogP contribution in [0.5, 0.6) is 5.75 Å². The summed E-state index contributed by atoms with van der Waals surface area (Å²) in [6.45, 7) is 1.42. The topological polar surface area (TPSA) is 59.9 Å². The van der Waals surface area contributed by atoms with Crippen LogP contribution < -0.4 is 10.3 Å². The van der Waals surface area contributed by atoms with Gasteiger partial charge in [-0.15, -0.1) is 0 Å². The van der Waals surface area contributed by atoms with E-state index in [1.807, 2.05) is 30.5 Å². The van der Waals surface area contributed by atoms with Crippen LogP contribution in [-0.2, 0) is 6.54 Å². The molecular weight excluding hydrogens is 266 g/mol. The zero-order chi connectivity index (χ0) is 14.2. The Morgan fingerprint density at radius 1 is 1.19 bits per heavy atom. The number of nitrogens with zero attached hydrogens (tertiary/aromatic N) is 2. The monoisotopic (exact) mass is 279 g/mol. The minimum absolute atomic E-state index is 0.104. The molecule has 1 aliphatic heterocycles. The third kappa shape index (κ3) is 2.03. The van der Waals surface area contributed by atoms with E-state index in [0.717, 1.165) is 34.8 Å². The predicted octanol–water partition coefficient (Wildman–Crippen LogP) is 2.30. The molecule has 0 spiro atoms.